The molecule has 0 saturated heterocycles. The maximum Gasteiger partial charge on any atom is 0.0581 e. The molecule has 1 atom stereocenters. The van der Waals surface area contributed by atoms with Crippen molar-refractivity contribution in [1.29, 1.82) is 0 Å². The van der Waals surface area contributed by atoms with Gasteiger partial charge in [-0.1, -0.05) is 36.6 Å². The van der Waals surface area contributed by atoms with Crippen molar-refractivity contribution in [2.45, 2.75) is 26.3 Å². The van der Waals surface area contributed by atoms with E-state index in [2.05, 4.69) is 30.1 Å². The lowest BCUT2D eigenvalue weighted by Gasteiger charge is -2.15. The summed E-state index contributed by atoms with van der Waals surface area (Å²) in [6.45, 7) is 4.72. The molecule has 1 rings (SSSR count). The fraction of sp³-hybridized carbons (Fsp3) is 0.385. The van der Waals surface area contributed by atoms with Crippen LogP contribution in [0.2, 0.25) is 5.02 Å². The molecule has 1 unspecified atom stereocenters. The number of hydrogen-bond donors (Lipinski definition) is 1. The van der Waals surface area contributed by atoms with Gasteiger partial charge in [-0.05, 0) is 31.0 Å². The van der Waals surface area contributed by atoms with Crippen LogP contribution >= 0.6 is 11.6 Å². The van der Waals surface area contributed by atoms with E-state index in [1.165, 1.54) is 5.56 Å². The molecule has 0 bridgehead atoms. The summed E-state index contributed by atoms with van der Waals surface area (Å²) in [4.78, 5) is 0. The second-order valence-corrected chi connectivity index (χ2v) is 3.76. The van der Waals surface area contributed by atoms with E-state index >= 15 is 0 Å². The van der Waals surface area contributed by atoms with Crippen molar-refractivity contribution in [1.82, 2.24) is 5.32 Å². The summed E-state index contributed by atoms with van der Waals surface area (Å²) >= 11 is 5.95. The number of nitrogens with one attached hydrogen (secondary N) is 1. The monoisotopic (exact) mass is 221 g/mol. The molecule has 0 heterocycles. The molecule has 0 spiro atoms. The molecule has 1 N–H and O–H groups in total. The van der Waals surface area contributed by atoms with Gasteiger partial charge in [-0.2, -0.15) is 0 Å². The van der Waals surface area contributed by atoms with E-state index < -0.39 is 0 Å². The van der Waals surface area contributed by atoms with Crippen LogP contribution in [0.3, 0.4) is 0 Å². The summed E-state index contributed by atoms with van der Waals surface area (Å²) in [5, 5.41) is 4.17. The van der Waals surface area contributed by atoms with Crippen molar-refractivity contribution in [3.8, 4) is 11.8 Å². The Labute approximate surface area is 96.8 Å². The molecule has 0 aliphatic rings. The van der Waals surface area contributed by atoms with E-state index in [0.717, 1.165) is 18.0 Å². The summed E-state index contributed by atoms with van der Waals surface area (Å²) in [7, 11) is 0. The molecule has 0 radical (unpaired) electrons. The van der Waals surface area contributed by atoms with Crippen LogP contribution in [0.4, 0.5) is 0 Å². The van der Waals surface area contributed by atoms with Gasteiger partial charge in [0.05, 0.1) is 6.54 Å². The molecular weight excluding hydrogens is 206 g/mol. The Morgan fingerprint density at radius 3 is 2.87 bits per heavy atom. The van der Waals surface area contributed by atoms with Crippen LogP contribution in [-0.4, -0.2) is 6.54 Å². The van der Waals surface area contributed by atoms with Gasteiger partial charge >= 0.3 is 0 Å². The molecule has 80 valence electrons. The maximum absolute atomic E-state index is 5.95. The van der Waals surface area contributed by atoms with Gasteiger partial charge < -0.3 is 0 Å². The smallest absolute Gasteiger partial charge is 0.0581 e. The van der Waals surface area contributed by atoms with Gasteiger partial charge in [0.2, 0.25) is 0 Å². The first-order valence-corrected chi connectivity index (χ1v) is 5.54. The molecule has 1 nitrogen and oxygen atoms in total. The van der Waals surface area contributed by atoms with E-state index in [9.17, 15) is 0 Å². The fourth-order valence-electron chi connectivity index (χ4n) is 1.48. The highest BCUT2D eigenvalue weighted by molar-refractivity contribution is 6.30. The summed E-state index contributed by atoms with van der Waals surface area (Å²) in [6.07, 6.45) is 1.03. The Balaban J connectivity index is 2.68. The Hall–Kier alpha value is -0.970. The van der Waals surface area contributed by atoms with Crippen molar-refractivity contribution < 1.29 is 0 Å². The molecule has 0 amide bonds. The molecule has 1 aromatic rings. The topological polar surface area (TPSA) is 12.0 Å². The summed E-state index contributed by atoms with van der Waals surface area (Å²) in [5.41, 5.74) is 1.22. The van der Waals surface area contributed by atoms with Crippen molar-refractivity contribution in [2.75, 3.05) is 6.54 Å². The average Bonchev–Trinajstić information content (AvgIpc) is 2.24. The molecule has 15 heavy (non-hydrogen) atoms. The standard InChI is InChI=1S/C13H16ClN/c1-3-5-9-15-13(4-2)11-7-6-8-12(14)10-11/h6-8,10,13,15H,4,9H2,1-2H3. The van der Waals surface area contributed by atoms with Crippen molar-refractivity contribution >= 4 is 11.6 Å². The number of rotatable bonds is 4. The van der Waals surface area contributed by atoms with Gasteiger partial charge in [-0.3, -0.25) is 5.32 Å². The third kappa shape index (κ3) is 3.95. The third-order valence-corrected chi connectivity index (χ3v) is 2.51. The number of hydrogen-bond acceptors (Lipinski definition) is 1. The highest BCUT2D eigenvalue weighted by Crippen LogP contribution is 2.19. The highest BCUT2D eigenvalue weighted by atomic mass is 35.5. The lowest BCUT2D eigenvalue weighted by molar-refractivity contribution is 0.555. The summed E-state index contributed by atoms with van der Waals surface area (Å²) in [6, 6.07) is 8.30. The van der Waals surface area contributed by atoms with E-state index in [1.54, 1.807) is 0 Å². The largest absolute Gasteiger partial charge is 0.299 e. The minimum atomic E-state index is 0.338. The minimum Gasteiger partial charge on any atom is -0.299 e. The lowest BCUT2D eigenvalue weighted by atomic mass is 10.0. The van der Waals surface area contributed by atoms with Crippen LogP contribution in [0.25, 0.3) is 0 Å². The van der Waals surface area contributed by atoms with E-state index in [-0.39, 0.29) is 0 Å². The van der Waals surface area contributed by atoms with Crippen molar-refractivity contribution in [3.63, 3.8) is 0 Å². The van der Waals surface area contributed by atoms with Crippen molar-refractivity contribution in [3.05, 3.63) is 34.9 Å². The van der Waals surface area contributed by atoms with Gasteiger partial charge in [0.25, 0.3) is 0 Å². The first kappa shape index (κ1) is 12.1. The summed E-state index contributed by atoms with van der Waals surface area (Å²) in [5.74, 6) is 5.87. The zero-order valence-electron chi connectivity index (χ0n) is 9.18. The van der Waals surface area contributed by atoms with Crippen LogP contribution in [0.15, 0.2) is 24.3 Å². The van der Waals surface area contributed by atoms with Gasteiger partial charge in [0.1, 0.15) is 0 Å². The lowest BCUT2D eigenvalue weighted by Crippen LogP contribution is -2.20. The van der Waals surface area contributed by atoms with E-state index in [0.29, 0.717) is 6.04 Å². The molecule has 2 heteroatoms. The first-order valence-electron chi connectivity index (χ1n) is 5.16. The van der Waals surface area contributed by atoms with Crippen LogP contribution in [0.1, 0.15) is 31.9 Å². The van der Waals surface area contributed by atoms with Gasteiger partial charge in [-0.15, -0.1) is 5.92 Å². The number of benzene rings is 1. The van der Waals surface area contributed by atoms with Crippen LogP contribution in [-0.2, 0) is 0 Å². The minimum absolute atomic E-state index is 0.338. The number of halogens is 1. The molecule has 0 aromatic heterocycles. The predicted molar refractivity (Wildman–Crippen MR) is 65.9 cm³/mol. The normalized spacial score (nSPS) is 11.7. The predicted octanol–water partition coefficient (Wildman–Crippen LogP) is 3.40. The Kier molecular flexibility index (Phi) is 5.25. The maximum atomic E-state index is 5.95. The van der Waals surface area contributed by atoms with Crippen LogP contribution in [0, 0.1) is 11.8 Å². The first-order chi connectivity index (χ1) is 7.27. The van der Waals surface area contributed by atoms with Crippen molar-refractivity contribution in [2.24, 2.45) is 0 Å². The SMILES string of the molecule is CC#CCNC(CC)c1cccc(Cl)c1. The Bertz CT molecular complexity index is 362. The third-order valence-electron chi connectivity index (χ3n) is 2.27. The molecule has 1 aromatic carbocycles. The molecular formula is C13H16ClN. The molecule has 0 aliphatic heterocycles. The van der Waals surface area contributed by atoms with E-state index in [4.69, 9.17) is 11.6 Å². The second kappa shape index (κ2) is 6.50. The van der Waals surface area contributed by atoms with Gasteiger partial charge in [0.15, 0.2) is 0 Å². The fourth-order valence-corrected chi connectivity index (χ4v) is 1.68. The molecule has 0 fully saturated rings. The highest BCUT2D eigenvalue weighted by Gasteiger charge is 2.07. The second-order valence-electron chi connectivity index (χ2n) is 3.32. The zero-order valence-corrected chi connectivity index (χ0v) is 9.93. The molecule has 0 aliphatic carbocycles. The Morgan fingerprint density at radius 1 is 1.47 bits per heavy atom. The Morgan fingerprint density at radius 2 is 2.27 bits per heavy atom. The zero-order chi connectivity index (χ0) is 11.1. The molecule has 0 saturated carbocycles. The summed E-state index contributed by atoms with van der Waals surface area (Å²) < 4.78 is 0. The van der Waals surface area contributed by atoms with E-state index in [1.807, 2.05) is 25.1 Å². The van der Waals surface area contributed by atoms with Crippen LogP contribution in [0.5, 0.6) is 0 Å². The van der Waals surface area contributed by atoms with Gasteiger partial charge in [0, 0.05) is 11.1 Å². The average molecular weight is 222 g/mol. The van der Waals surface area contributed by atoms with Gasteiger partial charge in [-0.25, -0.2) is 0 Å². The quantitative estimate of drug-likeness (QED) is 0.769. The van der Waals surface area contributed by atoms with Crippen LogP contribution < -0.4 is 5.32 Å².